The van der Waals surface area contributed by atoms with Crippen LogP contribution in [0.2, 0.25) is 10.0 Å². The Kier molecular flexibility index (Phi) is 11.5. The number of anilines is 1. The number of hydrogen-bond donors (Lipinski definition) is 1. The van der Waals surface area contributed by atoms with Gasteiger partial charge in [0.25, 0.3) is 10.0 Å². The van der Waals surface area contributed by atoms with Crippen LogP contribution in [0, 0.1) is 6.92 Å². The predicted molar refractivity (Wildman–Crippen MR) is 179 cm³/mol. The number of benzene rings is 4. The fourth-order valence-corrected chi connectivity index (χ4v) is 6.80. The van der Waals surface area contributed by atoms with Crippen molar-refractivity contribution in [1.82, 2.24) is 10.2 Å². The highest BCUT2D eigenvalue weighted by atomic mass is 79.9. The summed E-state index contributed by atoms with van der Waals surface area (Å²) in [6, 6.07) is 26.4. The Morgan fingerprint density at radius 1 is 0.909 bits per heavy atom. The molecule has 2 amide bonds. The number of aryl methyl sites for hydroxylation is 1. The largest absolute Gasteiger partial charge is 0.355 e. The highest BCUT2D eigenvalue weighted by molar-refractivity contribution is 9.10. The van der Waals surface area contributed by atoms with Crippen LogP contribution < -0.4 is 9.62 Å². The summed E-state index contributed by atoms with van der Waals surface area (Å²) in [6.07, 6.45) is 0.201. The third-order valence-electron chi connectivity index (χ3n) is 6.98. The number of nitrogens with zero attached hydrogens (tertiary/aromatic N) is 2. The van der Waals surface area contributed by atoms with E-state index >= 15 is 0 Å². The third-order valence-corrected chi connectivity index (χ3v) is 9.88. The second-order valence-corrected chi connectivity index (χ2v) is 13.8. The lowest BCUT2D eigenvalue weighted by atomic mass is 10.0. The molecule has 230 valence electrons. The van der Waals surface area contributed by atoms with E-state index in [1.54, 1.807) is 61.5 Å². The van der Waals surface area contributed by atoms with Crippen molar-refractivity contribution in [2.75, 3.05) is 17.4 Å². The fourth-order valence-electron chi connectivity index (χ4n) is 4.65. The van der Waals surface area contributed by atoms with Gasteiger partial charge in [-0.05, 0) is 73.5 Å². The van der Waals surface area contributed by atoms with Crippen molar-refractivity contribution in [3.63, 3.8) is 0 Å². The summed E-state index contributed by atoms with van der Waals surface area (Å²) in [5.41, 5.74) is 2.58. The maximum atomic E-state index is 14.4. The Labute approximate surface area is 277 Å². The summed E-state index contributed by atoms with van der Waals surface area (Å²) in [4.78, 5) is 29.4. The van der Waals surface area contributed by atoms with Gasteiger partial charge < -0.3 is 10.2 Å². The molecule has 0 spiro atoms. The molecule has 0 aromatic heterocycles. The Morgan fingerprint density at radius 3 is 2.18 bits per heavy atom. The van der Waals surface area contributed by atoms with E-state index in [1.807, 2.05) is 37.3 Å². The van der Waals surface area contributed by atoms with Crippen LogP contribution in [0.3, 0.4) is 0 Å². The number of carbonyl (C=O) groups excluding carboxylic acids is 2. The number of nitrogens with one attached hydrogen (secondary N) is 1. The van der Waals surface area contributed by atoms with Crippen LogP contribution in [0.5, 0.6) is 0 Å². The minimum absolute atomic E-state index is 0.0377. The van der Waals surface area contributed by atoms with Crippen LogP contribution in [-0.4, -0.2) is 44.3 Å². The van der Waals surface area contributed by atoms with E-state index in [0.717, 1.165) is 19.9 Å². The molecule has 0 aliphatic heterocycles. The summed E-state index contributed by atoms with van der Waals surface area (Å²) in [5.74, 6) is -0.951. The molecule has 0 bridgehead atoms. The van der Waals surface area contributed by atoms with Gasteiger partial charge in [-0.2, -0.15) is 0 Å². The van der Waals surface area contributed by atoms with Gasteiger partial charge in [-0.3, -0.25) is 13.9 Å². The summed E-state index contributed by atoms with van der Waals surface area (Å²) in [5, 5.41) is 3.58. The number of hydrogen-bond acceptors (Lipinski definition) is 4. The molecular weight excluding hydrogens is 685 g/mol. The highest BCUT2D eigenvalue weighted by Gasteiger charge is 2.34. The quantitative estimate of drug-likeness (QED) is 0.171. The number of likely N-dealkylation sites (N-methyl/N-ethyl adjacent to an activating group) is 1. The molecule has 4 aromatic rings. The van der Waals surface area contributed by atoms with Crippen molar-refractivity contribution in [3.8, 4) is 0 Å². The van der Waals surface area contributed by atoms with Crippen molar-refractivity contribution < 1.29 is 18.0 Å². The highest BCUT2D eigenvalue weighted by Crippen LogP contribution is 2.28. The number of halogens is 3. The van der Waals surface area contributed by atoms with Crippen molar-refractivity contribution in [2.24, 2.45) is 0 Å². The first-order valence-electron chi connectivity index (χ1n) is 13.9. The monoisotopic (exact) mass is 715 g/mol. The second kappa shape index (κ2) is 15.1. The Hall–Kier alpha value is -3.37. The summed E-state index contributed by atoms with van der Waals surface area (Å²) < 4.78 is 29.9. The van der Waals surface area contributed by atoms with Crippen LogP contribution >= 0.6 is 39.1 Å². The normalized spacial score (nSPS) is 11.9. The first kappa shape index (κ1) is 33.5. The first-order valence-corrected chi connectivity index (χ1v) is 16.9. The second-order valence-electron chi connectivity index (χ2n) is 10.2. The molecule has 0 aliphatic rings. The van der Waals surface area contributed by atoms with Gasteiger partial charge in [0.15, 0.2) is 0 Å². The average molecular weight is 718 g/mol. The smallest absolute Gasteiger partial charge is 0.264 e. The van der Waals surface area contributed by atoms with Gasteiger partial charge in [0, 0.05) is 34.0 Å². The first-order chi connectivity index (χ1) is 21.0. The maximum absolute atomic E-state index is 14.4. The van der Waals surface area contributed by atoms with Gasteiger partial charge in [0.05, 0.1) is 10.6 Å². The molecule has 0 unspecified atom stereocenters. The number of carbonyl (C=O) groups is 2. The van der Waals surface area contributed by atoms with E-state index in [-0.39, 0.29) is 23.8 Å². The van der Waals surface area contributed by atoms with Gasteiger partial charge >= 0.3 is 0 Å². The maximum Gasteiger partial charge on any atom is 0.264 e. The Bertz CT molecular complexity index is 1700. The number of amides is 2. The molecule has 7 nitrogen and oxygen atoms in total. The molecule has 0 aliphatic carbocycles. The SMILES string of the molecule is CCNC(=O)[C@H](Cc1ccccc1)N(Cc1ccc(Cl)cc1Cl)C(=O)CN(c1ccc(Br)cc1)S(=O)(=O)c1ccc(C)cc1. The van der Waals surface area contributed by atoms with E-state index in [1.165, 1.54) is 17.0 Å². The average Bonchev–Trinajstić information content (AvgIpc) is 3.00. The molecule has 4 rings (SSSR count). The zero-order valence-corrected chi connectivity index (χ0v) is 28.1. The van der Waals surface area contributed by atoms with Gasteiger partial charge in [0.1, 0.15) is 12.6 Å². The molecule has 44 heavy (non-hydrogen) atoms. The molecule has 0 radical (unpaired) electrons. The molecule has 0 saturated heterocycles. The van der Waals surface area contributed by atoms with Crippen molar-refractivity contribution in [3.05, 3.63) is 128 Å². The zero-order valence-electron chi connectivity index (χ0n) is 24.2. The number of rotatable bonds is 12. The van der Waals surface area contributed by atoms with Crippen LogP contribution in [0.25, 0.3) is 0 Å². The molecule has 4 aromatic carbocycles. The lowest BCUT2D eigenvalue weighted by Crippen LogP contribution is -2.53. The van der Waals surface area contributed by atoms with Gasteiger partial charge in [-0.15, -0.1) is 0 Å². The molecule has 11 heteroatoms. The Balaban J connectivity index is 1.81. The zero-order chi connectivity index (χ0) is 31.9. The lowest BCUT2D eigenvalue weighted by Gasteiger charge is -2.34. The Morgan fingerprint density at radius 2 is 1.57 bits per heavy atom. The number of sulfonamides is 1. The van der Waals surface area contributed by atoms with E-state index in [4.69, 9.17) is 23.2 Å². The summed E-state index contributed by atoms with van der Waals surface area (Å²) in [7, 11) is -4.19. The summed E-state index contributed by atoms with van der Waals surface area (Å²) >= 11 is 16.1. The molecular formula is C33H32BrCl2N3O4S. The summed E-state index contributed by atoms with van der Waals surface area (Å²) in [6.45, 7) is 3.39. The van der Waals surface area contributed by atoms with Gasteiger partial charge in [0.2, 0.25) is 11.8 Å². The van der Waals surface area contributed by atoms with Crippen LogP contribution in [0.4, 0.5) is 5.69 Å². The van der Waals surface area contributed by atoms with Gasteiger partial charge in [-0.25, -0.2) is 8.42 Å². The van der Waals surface area contributed by atoms with Crippen molar-refractivity contribution in [2.45, 2.75) is 37.8 Å². The van der Waals surface area contributed by atoms with E-state index < -0.39 is 28.5 Å². The van der Waals surface area contributed by atoms with E-state index in [0.29, 0.717) is 27.8 Å². The van der Waals surface area contributed by atoms with Crippen molar-refractivity contribution in [1.29, 1.82) is 0 Å². The van der Waals surface area contributed by atoms with E-state index in [2.05, 4.69) is 21.2 Å². The molecule has 0 fully saturated rings. The molecule has 0 heterocycles. The standard InChI is InChI=1S/C33H32BrCl2N3O4S/c1-3-37-33(41)31(19-24-7-5-4-6-8-24)38(21-25-11-14-27(35)20-30(25)36)32(40)22-39(28-15-12-26(34)13-16-28)44(42,43)29-17-9-23(2)10-18-29/h4-18,20,31H,3,19,21-22H2,1-2H3,(H,37,41)/t31-/m0/s1. The molecule has 1 atom stereocenters. The van der Waals surface area contributed by atoms with E-state index in [9.17, 15) is 18.0 Å². The van der Waals surface area contributed by atoms with Crippen LogP contribution in [0.15, 0.2) is 106 Å². The minimum atomic E-state index is -4.19. The topological polar surface area (TPSA) is 86.8 Å². The predicted octanol–water partition coefficient (Wildman–Crippen LogP) is 7.04. The van der Waals surface area contributed by atoms with Crippen LogP contribution in [-0.2, 0) is 32.6 Å². The minimum Gasteiger partial charge on any atom is -0.355 e. The third kappa shape index (κ3) is 8.41. The van der Waals surface area contributed by atoms with Crippen molar-refractivity contribution >= 4 is 66.7 Å². The fraction of sp³-hybridized carbons (Fsp3) is 0.212. The van der Waals surface area contributed by atoms with Crippen LogP contribution in [0.1, 0.15) is 23.6 Å². The van der Waals surface area contributed by atoms with Gasteiger partial charge in [-0.1, -0.05) is 93.2 Å². The lowest BCUT2D eigenvalue weighted by molar-refractivity contribution is -0.140. The molecule has 0 saturated carbocycles. The molecule has 1 N–H and O–H groups in total.